The van der Waals surface area contributed by atoms with Crippen LogP contribution in [0.25, 0.3) is 10.2 Å². The number of alkyl halides is 3. The van der Waals surface area contributed by atoms with Gasteiger partial charge in [-0.05, 0) is 19.1 Å². The number of aliphatic hydroxyl groups excluding tert-OH is 1. The van der Waals surface area contributed by atoms with Gasteiger partial charge in [0.2, 0.25) is 0 Å². The molecule has 0 fully saturated rings. The Morgan fingerprint density at radius 3 is 2.71 bits per heavy atom. The van der Waals surface area contributed by atoms with Gasteiger partial charge in [-0.3, -0.25) is 0 Å². The van der Waals surface area contributed by atoms with Crippen molar-refractivity contribution in [2.45, 2.75) is 19.9 Å². The molecular weight excluding hydrogens is 255 g/mol. The van der Waals surface area contributed by atoms with E-state index in [0.717, 1.165) is 11.1 Å². The fourth-order valence-corrected chi connectivity index (χ4v) is 2.40. The third-order valence-electron chi connectivity index (χ3n) is 2.06. The first-order chi connectivity index (χ1) is 7.89. The molecule has 0 bridgehead atoms. The zero-order valence-electron chi connectivity index (χ0n) is 8.71. The molecule has 2 rings (SSSR count). The van der Waals surface area contributed by atoms with Crippen molar-refractivity contribution >= 4 is 21.6 Å². The monoisotopic (exact) mass is 263 g/mol. The average molecular weight is 263 g/mol. The molecule has 92 valence electrons. The molecule has 1 N–H and O–H groups in total. The Balaban J connectivity index is 2.52. The molecule has 2 aromatic rings. The standard InChI is InChI=1S/C10H8F3NO2S/c1-5-14-9-6(4-15)2-7(3-8(9)17-5)16-10(11,12)13/h2-3,15H,4H2,1H3. The molecule has 0 unspecified atom stereocenters. The van der Waals surface area contributed by atoms with Gasteiger partial charge in [0, 0.05) is 5.56 Å². The van der Waals surface area contributed by atoms with E-state index in [1.165, 1.54) is 17.4 Å². The topological polar surface area (TPSA) is 42.4 Å². The number of halogens is 3. The highest BCUT2D eigenvalue weighted by atomic mass is 32.1. The molecule has 0 aliphatic carbocycles. The Morgan fingerprint density at radius 2 is 2.12 bits per heavy atom. The van der Waals surface area contributed by atoms with Gasteiger partial charge >= 0.3 is 6.36 Å². The van der Waals surface area contributed by atoms with Crippen LogP contribution in [0.1, 0.15) is 10.6 Å². The summed E-state index contributed by atoms with van der Waals surface area (Å²) >= 11 is 1.25. The van der Waals surface area contributed by atoms with E-state index < -0.39 is 6.36 Å². The smallest absolute Gasteiger partial charge is 0.406 e. The third kappa shape index (κ3) is 2.67. The van der Waals surface area contributed by atoms with Crippen molar-refractivity contribution in [3.63, 3.8) is 0 Å². The van der Waals surface area contributed by atoms with E-state index in [2.05, 4.69) is 9.72 Å². The van der Waals surface area contributed by atoms with Crippen molar-refractivity contribution in [1.82, 2.24) is 4.98 Å². The van der Waals surface area contributed by atoms with Gasteiger partial charge in [0.1, 0.15) is 5.75 Å². The first-order valence-corrected chi connectivity index (χ1v) is 5.47. The van der Waals surface area contributed by atoms with Crippen LogP contribution in [0.15, 0.2) is 12.1 Å². The van der Waals surface area contributed by atoms with Crippen molar-refractivity contribution in [2.75, 3.05) is 0 Å². The van der Waals surface area contributed by atoms with E-state index >= 15 is 0 Å². The lowest BCUT2D eigenvalue weighted by Gasteiger charge is -2.09. The van der Waals surface area contributed by atoms with Gasteiger partial charge in [0.25, 0.3) is 0 Å². The van der Waals surface area contributed by atoms with Gasteiger partial charge in [-0.1, -0.05) is 0 Å². The molecule has 1 heterocycles. The Kier molecular flexibility index (Phi) is 2.96. The fourth-order valence-electron chi connectivity index (χ4n) is 1.49. The molecule has 0 radical (unpaired) electrons. The number of hydrogen-bond donors (Lipinski definition) is 1. The molecule has 1 aromatic heterocycles. The molecule has 0 spiro atoms. The van der Waals surface area contributed by atoms with E-state index in [9.17, 15) is 13.2 Å². The highest BCUT2D eigenvalue weighted by Gasteiger charge is 2.31. The van der Waals surface area contributed by atoms with Gasteiger partial charge < -0.3 is 9.84 Å². The average Bonchev–Trinajstić information content (AvgIpc) is 2.54. The predicted molar refractivity (Wildman–Crippen MR) is 57.0 cm³/mol. The lowest BCUT2D eigenvalue weighted by atomic mass is 10.2. The maximum atomic E-state index is 12.1. The van der Waals surface area contributed by atoms with E-state index in [1.807, 2.05) is 0 Å². The Hall–Kier alpha value is -1.34. The summed E-state index contributed by atoms with van der Waals surface area (Å²) in [6, 6.07) is 2.42. The van der Waals surface area contributed by atoms with Gasteiger partial charge in [0.15, 0.2) is 0 Å². The fraction of sp³-hybridized carbons (Fsp3) is 0.300. The van der Waals surface area contributed by atoms with Crippen molar-refractivity contribution in [3.8, 4) is 5.75 Å². The minimum absolute atomic E-state index is 0.325. The van der Waals surface area contributed by atoms with Gasteiger partial charge in [-0.15, -0.1) is 24.5 Å². The van der Waals surface area contributed by atoms with Crippen LogP contribution in [0.4, 0.5) is 13.2 Å². The van der Waals surface area contributed by atoms with Crippen molar-refractivity contribution in [2.24, 2.45) is 0 Å². The van der Waals surface area contributed by atoms with Crippen molar-refractivity contribution in [3.05, 3.63) is 22.7 Å². The largest absolute Gasteiger partial charge is 0.573 e. The van der Waals surface area contributed by atoms with Gasteiger partial charge in [-0.25, -0.2) is 4.98 Å². The molecule has 1 aromatic carbocycles. The summed E-state index contributed by atoms with van der Waals surface area (Å²) in [5, 5.41) is 9.82. The SMILES string of the molecule is Cc1nc2c(CO)cc(OC(F)(F)F)cc2s1. The molecular formula is C10H8F3NO2S. The van der Waals surface area contributed by atoms with E-state index in [0.29, 0.717) is 15.8 Å². The zero-order chi connectivity index (χ0) is 12.6. The Bertz CT molecular complexity index is 550. The molecule has 0 aliphatic heterocycles. The molecule has 0 saturated heterocycles. The summed E-state index contributed by atoms with van der Waals surface area (Å²) in [4.78, 5) is 4.14. The molecule has 7 heteroatoms. The van der Waals surface area contributed by atoms with Crippen LogP contribution in [-0.4, -0.2) is 16.5 Å². The van der Waals surface area contributed by atoms with Crippen LogP contribution in [-0.2, 0) is 6.61 Å². The normalized spacial score (nSPS) is 12.1. The van der Waals surface area contributed by atoms with E-state index in [4.69, 9.17) is 5.11 Å². The van der Waals surface area contributed by atoms with Crippen molar-refractivity contribution in [1.29, 1.82) is 0 Å². The summed E-state index contributed by atoms with van der Waals surface area (Å²) in [5.74, 6) is -0.335. The van der Waals surface area contributed by atoms with Crippen LogP contribution >= 0.6 is 11.3 Å². The number of fused-ring (bicyclic) bond motifs is 1. The predicted octanol–water partition coefficient (Wildman–Crippen LogP) is 3.00. The quantitative estimate of drug-likeness (QED) is 0.905. The number of ether oxygens (including phenoxy) is 1. The van der Waals surface area contributed by atoms with Crippen molar-refractivity contribution < 1.29 is 23.0 Å². The summed E-state index contributed by atoms with van der Waals surface area (Å²) < 4.78 is 40.6. The second-order valence-corrected chi connectivity index (χ2v) is 4.60. The minimum atomic E-state index is -4.74. The van der Waals surface area contributed by atoms with Crippen LogP contribution in [0, 0.1) is 6.92 Å². The van der Waals surface area contributed by atoms with Gasteiger partial charge in [-0.2, -0.15) is 0 Å². The summed E-state index contributed by atoms with van der Waals surface area (Å²) in [5.41, 5.74) is 0.843. The second-order valence-electron chi connectivity index (χ2n) is 3.37. The number of aryl methyl sites for hydroxylation is 1. The van der Waals surface area contributed by atoms with Crippen LogP contribution in [0.2, 0.25) is 0 Å². The highest BCUT2D eigenvalue weighted by molar-refractivity contribution is 7.18. The van der Waals surface area contributed by atoms with Crippen LogP contribution in [0.5, 0.6) is 5.75 Å². The summed E-state index contributed by atoms with van der Waals surface area (Å²) in [6.07, 6.45) is -4.74. The lowest BCUT2D eigenvalue weighted by Crippen LogP contribution is -2.17. The summed E-state index contributed by atoms with van der Waals surface area (Å²) in [6.45, 7) is 1.37. The summed E-state index contributed by atoms with van der Waals surface area (Å²) in [7, 11) is 0. The number of nitrogens with zero attached hydrogens (tertiary/aromatic N) is 1. The Morgan fingerprint density at radius 1 is 1.41 bits per heavy atom. The molecule has 0 saturated carbocycles. The number of hydrogen-bond acceptors (Lipinski definition) is 4. The second kappa shape index (κ2) is 4.15. The van der Waals surface area contributed by atoms with Gasteiger partial charge in [0.05, 0.1) is 21.8 Å². The lowest BCUT2D eigenvalue weighted by molar-refractivity contribution is -0.274. The zero-order valence-corrected chi connectivity index (χ0v) is 9.52. The molecule has 3 nitrogen and oxygen atoms in total. The third-order valence-corrected chi connectivity index (χ3v) is 2.98. The van der Waals surface area contributed by atoms with E-state index in [1.54, 1.807) is 6.92 Å². The maximum Gasteiger partial charge on any atom is 0.573 e. The van der Waals surface area contributed by atoms with Crippen LogP contribution < -0.4 is 4.74 Å². The highest BCUT2D eigenvalue weighted by Crippen LogP contribution is 2.32. The first kappa shape index (κ1) is 12.1. The number of benzene rings is 1. The molecule has 0 aliphatic rings. The number of rotatable bonds is 2. The Labute approximate surface area is 98.5 Å². The molecule has 0 amide bonds. The van der Waals surface area contributed by atoms with Crippen LogP contribution in [0.3, 0.4) is 0 Å². The number of aliphatic hydroxyl groups is 1. The maximum absolute atomic E-state index is 12.1. The molecule has 17 heavy (non-hydrogen) atoms. The minimum Gasteiger partial charge on any atom is -0.406 e. The van der Waals surface area contributed by atoms with E-state index in [-0.39, 0.29) is 12.4 Å². The first-order valence-electron chi connectivity index (χ1n) is 4.66. The molecule has 0 atom stereocenters. The number of thiazole rings is 1. The number of aromatic nitrogens is 1.